The van der Waals surface area contributed by atoms with E-state index in [4.69, 9.17) is 0 Å². The SMILES string of the molecule is CC(=O)Nc1ccc(-c2ccnc(NCCCNC(=O)c3c(C)cccc3F)n2)cc1. The van der Waals surface area contributed by atoms with E-state index in [9.17, 15) is 14.0 Å². The Kier molecular flexibility index (Phi) is 7.26. The van der Waals surface area contributed by atoms with E-state index < -0.39 is 11.7 Å². The predicted octanol–water partition coefficient (Wildman–Crippen LogP) is 3.78. The zero-order chi connectivity index (χ0) is 22.2. The Hall–Kier alpha value is -3.81. The molecule has 0 radical (unpaired) electrons. The maximum absolute atomic E-state index is 13.8. The average molecular weight is 421 g/mol. The maximum Gasteiger partial charge on any atom is 0.254 e. The molecular weight excluding hydrogens is 397 g/mol. The summed E-state index contributed by atoms with van der Waals surface area (Å²) in [4.78, 5) is 32.0. The summed E-state index contributed by atoms with van der Waals surface area (Å²) in [5.74, 6) is -0.594. The first-order valence-electron chi connectivity index (χ1n) is 9.92. The van der Waals surface area contributed by atoms with Gasteiger partial charge in [0.05, 0.1) is 11.3 Å². The highest BCUT2D eigenvalue weighted by Crippen LogP contribution is 2.20. The van der Waals surface area contributed by atoms with Gasteiger partial charge in [0.25, 0.3) is 5.91 Å². The number of aryl methyl sites for hydroxylation is 1. The topological polar surface area (TPSA) is 96.0 Å². The number of nitrogens with zero attached hydrogens (tertiary/aromatic N) is 2. The van der Waals surface area contributed by atoms with E-state index in [1.165, 1.54) is 13.0 Å². The molecule has 7 nitrogen and oxygen atoms in total. The normalized spacial score (nSPS) is 10.4. The van der Waals surface area contributed by atoms with Crippen LogP contribution in [0.15, 0.2) is 54.7 Å². The molecule has 2 aromatic carbocycles. The van der Waals surface area contributed by atoms with Crippen molar-refractivity contribution in [3.63, 3.8) is 0 Å². The van der Waals surface area contributed by atoms with Crippen molar-refractivity contribution in [3.8, 4) is 11.3 Å². The van der Waals surface area contributed by atoms with Gasteiger partial charge in [-0.2, -0.15) is 0 Å². The van der Waals surface area contributed by atoms with Gasteiger partial charge in [-0.1, -0.05) is 24.3 Å². The predicted molar refractivity (Wildman–Crippen MR) is 118 cm³/mol. The van der Waals surface area contributed by atoms with Crippen molar-refractivity contribution in [3.05, 3.63) is 71.7 Å². The summed E-state index contributed by atoms with van der Waals surface area (Å²) < 4.78 is 13.8. The number of benzene rings is 2. The van der Waals surface area contributed by atoms with Gasteiger partial charge in [-0.25, -0.2) is 14.4 Å². The van der Waals surface area contributed by atoms with Crippen molar-refractivity contribution in [2.75, 3.05) is 23.7 Å². The Bertz CT molecular complexity index is 1050. The number of hydrogen-bond acceptors (Lipinski definition) is 5. The van der Waals surface area contributed by atoms with Crippen molar-refractivity contribution in [1.29, 1.82) is 0 Å². The molecule has 0 bridgehead atoms. The number of aromatic nitrogens is 2. The third-order valence-electron chi connectivity index (χ3n) is 4.53. The number of carbonyl (C=O) groups excluding carboxylic acids is 2. The van der Waals surface area contributed by atoms with Gasteiger partial charge in [-0.15, -0.1) is 0 Å². The second-order valence-corrected chi connectivity index (χ2v) is 6.99. The molecule has 3 aromatic rings. The molecular formula is C23H24FN5O2. The number of carbonyl (C=O) groups is 2. The van der Waals surface area contributed by atoms with Gasteiger partial charge >= 0.3 is 0 Å². The summed E-state index contributed by atoms with van der Waals surface area (Å²) in [6, 6.07) is 13.7. The molecule has 31 heavy (non-hydrogen) atoms. The van der Waals surface area contributed by atoms with Gasteiger partial charge in [0.2, 0.25) is 11.9 Å². The lowest BCUT2D eigenvalue weighted by molar-refractivity contribution is -0.114. The van der Waals surface area contributed by atoms with Crippen LogP contribution >= 0.6 is 0 Å². The monoisotopic (exact) mass is 421 g/mol. The summed E-state index contributed by atoms with van der Waals surface area (Å²) in [5.41, 5.74) is 3.04. The molecule has 0 aliphatic carbocycles. The molecule has 0 aliphatic heterocycles. The van der Waals surface area contributed by atoms with Crippen LogP contribution in [0, 0.1) is 12.7 Å². The second kappa shape index (κ2) is 10.3. The van der Waals surface area contributed by atoms with Crippen LogP contribution in [0.3, 0.4) is 0 Å². The van der Waals surface area contributed by atoms with Crippen LogP contribution in [0.4, 0.5) is 16.0 Å². The van der Waals surface area contributed by atoms with Crippen LogP contribution < -0.4 is 16.0 Å². The standard InChI is InChI=1S/C23H24FN5O2/c1-15-5-3-6-19(24)21(15)22(31)25-12-4-13-26-23-27-14-11-20(29-23)17-7-9-18(10-8-17)28-16(2)30/h3,5-11,14H,4,12-13H2,1-2H3,(H,25,31)(H,28,30)(H,26,27,29). The fraction of sp³-hybridized carbons (Fsp3) is 0.217. The number of hydrogen-bond donors (Lipinski definition) is 3. The first kappa shape index (κ1) is 21.9. The summed E-state index contributed by atoms with van der Waals surface area (Å²) in [6.07, 6.45) is 2.29. The van der Waals surface area contributed by atoms with Crippen molar-refractivity contribution in [2.24, 2.45) is 0 Å². The highest BCUT2D eigenvalue weighted by atomic mass is 19.1. The minimum absolute atomic E-state index is 0.0796. The summed E-state index contributed by atoms with van der Waals surface area (Å²) >= 11 is 0. The van der Waals surface area contributed by atoms with Crippen LogP contribution in [0.1, 0.15) is 29.3 Å². The Morgan fingerprint density at radius 2 is 1.81 bits per heavy atom. The fourth-order valence-electron chi connectivity index (χ4n) is 3.03. The largest absolute Gasteiger partial charge is 0.354 e. The zero-order valence-corrected chi connectivity index (χ0v) is 17.4. The molecule has 1 heterocycles. The van der Waals surface area contributed by atoms with Crippen LogP contribution in [0.25, 0.3) is 11.3 Å². The number of amides is 2. The van der Waals surface area contributed by atoms with Crippen LogP contribution in [0.5, 0.6) is 0 Å². The Morgan fingerprint density at radius 1 is 1.03 bits per heavy atom. The van der Waals surface area contributed by atoms with Crippen LogP contribution in [-0.4, -0.2) is 34.9 Å². The van der Waals surface area contributed by atoms with E-state index in [2.05, 4.69) is 25.9 Å². The molecule has 1 aromatic heterocycles. The zero-order valence-electron chi connectivity index (χ0n) is 17.4. The minimum atomic E-state index is -0.522. The summed E-state index contributed by atoms with van der Waals surface area (Å²) in [7, 11) is 0. The molecule has 0 fully saturated rings. The van der Waals surface area contributed by atoms with E-state index >= 15 is 0 Å². The molecule has 2 amide bonds. The minimum Gasteiger partial charge on any atom is -0.354 e. The molecule has 8 heteroatoms. The number of rotatable bonds is 8. The van der Waals surface area contributed by atoms with E-state index in [-0.39, 0.29) is 11.5 Å². The fourth-order valence-corrected chi connectivity index (χ4v) is 3.03. The second-order valence-electron chi connectivity index (χ2n) is 6.99. The maximum atomic E-state index is 13.8. The van der Waals surface area contributed by atoms with Crippen molar-refractivity contribution in [1.82, 2.24) is 15.3 Å². The first-order chi connectivity index (χ1) is 14.9. The summed E-state index contributed by atoms with van der Waals surface area (Å²) in [6.45, 7) is 4.10. The first-order valence-corrected chi connectivity index (χ1v) is 9.92. The molecule has 0 atom stereocenters. The van der Waals surface area contributed by atoms with E-state index in [1.54, 1.807) is 31.3 Å². The van der Waals surface area contributed by atoms with Gasteiger partial charge in [0, 0.05) is 37.5 Å². The highest BCUT2D eigenvalue weighted by Gasteiger charge is 2.13. The molecule has 0 saturated carbocycles. The van der Waals surface area contributed by atoms with Gasteiger partial charge in [0.1, 0.15) is 5.82 Å². The Morgan fingerprint density at radius 3 is 2.52 bits per heavy atom. The van der Waals surface area contributed by atoms with Gasteiger partial charge < -0.3 is 16.0 Å². The van der Waals surface area contributed by atoms with Crippen LogP contribution in [0.2, 0.25) is 0 Å². The van der Waals surface area contributed by atoms with E-state index in [0.717, 1.165) is 16.9 Å². The smallest absolute Gasteiger partial charge is 0.254 e. The molecule has 0 aliphatic rings. The van der Waals surface area contributed by atoms with Gasteiger partial charge in [-0.3, -0.25) is 9.59 Å². The van der Waals surface area contributed by atoms with Crippen molar-refractivity contribution in [2.45, 2.75) is 20.3 Å². The lowest BCUT2D eigenvalue weighted by atomic mass is 10.1. The van der Waals surface area contributed by atoms with E-state index in [0.29, 0.717) is 31.0 Å². The number of nitrogens with one attached hydrogen (secondary N) is 3. The third kappa shape index (κ3) is 6.08. The molecule has 3 N–H and O–H groups in total. The van der Waals surface area contributed by atoms with Crippen molar-refractivity contribution < 1.29 is 14.0 Å². The van der Waals surface area contributed by atoms with E-state index in [1.807, 2.05) is 24.3 Å². The Balaban J connectivity index is 1.49. The molecule has 0 spiro atoms. The van der Waals surface area contributed by atoms with Gasteiger partial charge in [0.15, 0.2) is 0 Å². The van der Waals surface area contributed by atoms with Gasteiger partial charge in [-0.05, 0) is 43.2 Å². The van der Waals surface area contributed by atoms with Crippen LogP contribution in [-0.2, 0) is 4.79 Å². The molecule has 160 valence electrons. The number of anilines is 2. The molecule has 3 rings (SSSR count). The third-order valence-corrected chi connectivity index (χ3v) is 4.53. The lowest BCUT2D eigenvalue weighted by Crippen LogP contribution is -2.27. The average Bonchev–Trinajstić information content (AvgIpc) is 2.74. The molecule has 0 saturated heterocycles. The highest BCUT2D eigenvalue weighted by molar-refractivity contribution is 5.95. The summed E-state index contributed by atoms with van der Waals surface area (Å²) in [5, 5.41) is 8.58. The number of halogens is 1. The lowest BCUT2D eigenvalue weighted by Gasteiger charge is -2.10. The molecule has 0 unspecified atom stereocenters. The quantitative estimate of drug-likeness (QED) is 0.481. The van der Waals surface area contributed by atoms with Crippen molar-refractivity contribution >= 4 is 23.5 Å². The Labute approximate surface area is 180 Å².